The standard InChI is InChI=1S/C24H29N3O2S/c1-14(2)15-6-8-17-16(12-15)7-9-18-23(17,3)10-5-11-24(18,4)20(29)21-25-26-22-27(21)19(28)13-30-22/h6,8,12,14,18H,5,7,9-11,13H2,1-4H3/t18-,23-,24-/m1/s1. The Balaban J connectivity index is 1.56. The number of benzene rings is 1. The topological polar surface area (TPSA) is 64.8 Å². The monoisotopic (exact) mass is 423 g/mol. The molecule has 0 radical (unpaired) electrons. The van der Waals surface area contributed by atoms with Gasteiger partial charge in [0.1, 0.15) is 0 Å². The molecule has 0 N–H and O–H groups in total. The second-order valence-corrected chi connectivity index (χ2v) is 10.9. The first-order valence-corrected chi connectivity index (χ1v) is 12.0. The third-order valence-electron chi connectivity index (χ3n) is 7.97. The van der Waals surface area contributed by atoms with Crippen LogP contribution in [0.3, 0.4) is 0 Å². The highest BCUT2D eigenvalue weighted by atomic mass is 32.2. The molecule has 0 saturated heterocycles. The third kappa shape index (κ3) is 2.68. The highest BCUT2D eigenvalue weighted by molar-refractivity contribution is 8.00. The van der Waals surface area contributed by atoms with Gasteiger partial charge in [-0.15, -0.1) is 10.2 Å². The van der Waals surface area contributed by atoms with Gasteiger partial charge in [-0.1, -0.05) is 64.1 Å². The van der Waals surface area contributed by atoms with Crippen molar-refractivity contribution in [3.63, 3.8) is 0 Å². The van der Waals surface area contributed by atoms with Crippen LogP contribution in [0.15, 0.2) is 23.4 Å². The van der Waals surface area contributed by atoms with Crippen molar-refractivity contribution in [1.29, 1.82) is 0 Å². The molecule has 1 aliphatic heterocycles. The van der Waals surface area contributed by atoms with Crippen molar-refractivity contribution < 1.29 is 9.59 Å². The van der Waals surface area contributed by atoms with Crippen LogP contribution in [0, 0.1) is 11.3 Å². The summed E-state index contributed by atoms with van der Waals surface area (Å²) in [6.45, 7) is 8.94. The van der Waals surface area contributed by atoms with Gasteiger partial charge in [0.05, 0.1) is 5.75 Å². The molecular formula is C24H29N3O2S. The normalized spacial score (nSPS) is 30.2. The third-order valence-corrected chi connectivity index (χ3v) is 8.89. The fourth-order valence-corrected chi connectivity index (χ4v) is 7.12. The Morgan fingerprint density at radius 3 is 2.80 bits per heavy atom. The molecule has 1 aromatic carbocycles. The summed E-state index contributed by atoms with van der Waals surface area (Å²) in [5.41, 5.74) is 3.70. The summed E-state index contributed by atoms with van der Waals surface area (Å²) in [5, 5.41) is 8.83. The number of rotatable bonds is 3. The number of fused-ring (bicyclic) bond motifs is 4. The summed E-state index contributed by atoms with van der Waals surface area (Å²) in [5.74, 6) is 1.25. The lowest BCUT2D eigenvalue weighted by molar-refractivity contribution is 0.0232. The minimum Gasteiger partial charge on any atom is -0.290 e. The van der Waals surface area contributed by atoms with Gasteiger partial charge in [-0.2, -0.15) is 0 Å². The maximum absolute atomic E-state index is 13.9. The molecule has 0 spiro atoms. The predicted octanol–water partition coefficient (Wildman–Crippen LogP) is 5.04. The van der Waals surface area contributed by atoms with E-state index in [9.17, 15) is 9.59 Å². The summed E-state index contributed by atoms with van der Waals surface area (Å²) >= 11 is 1.36. The number of aryl methyl sites for hydroxylation is 1. The Hall–Kier alpha value is -1.95. The van der Waals surface area contributed by atoms with Gasteiger partial charge in [0, 0.05) is 5.41 Å². The predicted molar refractivity (Wildman–Crippen MR) is 117 cm³/mol. The first-order valence-electron chi connectivity index (χ1n) is 11.1. The molecule has 3 aliphatic rings. The van der Waals surface area contributed by atoms with E-state index in [4.69, 9.17) is 0 Å². The molecule has 3 atom stereocenters. The van der Waals surface area contributed by atoms with Crippen LogP contribution in [0.25, 0.3) is 0 Å². The molecule has 6 heteroatoms. The van der Waals surface area contributed by atoms with Gasteiger partial charge >= 0.3 is 0 Å². The molecule has 2 aliphatic carbocycles. The van der Waals surface area contributed by atoms with Crippen LogP contribution in [0.4, 0.5) is 0 Å². The van der Waals surface area contributed by atoms with Gasteiger partial charge in [0.25, 0.3) is 0 Å². The van der Waals surface area contributed by atoms with Crippen LogP contribution in [0.2, 0.25) is 0 Å². The number of Topliss-reactive ketones (excluding diaryl/α,β-unsaturated/α-hetero) is 1. The molecule has 1 saturated carbocycles. The average molecular weight is 424 g/mol. The number of hydrogen-bond acceptors (Lipinski definition) is 5. The largest absolute Gasteiger partial charge is 0.290 e. The highest BCUT2D eigenvalue weighted by Gasteiger charge is 2.56. The number of thioether (sulfide) groups is 1. The zero-order valence-corrected chi connectivity index (χ0v) is 19.0. The fourth-order valence-electron chi connectivity index (χ4n) is 6.32. The zero-order chi connectivity index (χ0) is 21.3. The molecule has 2 aromatic rings. The van der Waals surface area contributed by atoms with Gasteiger partial charge in [0.15, 0.2) is 5.16 Å². The molecule has 30 heavy (non-hydrogen) atoms. The summed E-state index contributed by atoms with van der Waals surface area (Å²) in [6.07, 6.45) is 4.95. The number of nitrogens with zero attached hydrogens (tertiary/aromatic N) is 3. The molecule has 0 bridgehead atoms. The minimum atomic E-state index is -0.529. The van der Waals surface area contributed by atoms with E-state index < -0.39 is 5.41 Å². The Bertz CT molecular complexity index is 1060. The lowest BCUT2D eigenvalue weighted by Crippen LogP contribution is -2.52. The lowest BCUT2D eigenvalue weighted by Gasteiger charge is -2.54. The van der Waals surface area contributed by atoms with Crippen molar-refractivity contribution in [3.8, 4) is 0 Å². The summed E-state index contributed by atoms with van der Waals surface area (Å²) < 4.78 is 1.45. The van der Waals surface area contributed by atoms with Crippen LogP contribution in [0.5, 0.6) is 0 Å². The number of ketones is 1. The Morgan fingerprint density at radius 2 is 2.03 bits per heavy atom. The Labute approximate surface area is 182 Å². The molecular weight excluding hydrogens is 394 g/mol. The van der Waals surface area contributed by atoms with E-state index in [1.165, 1.54) is 33.0 Å². The minimum absolute atomic E-state index is 0.00437. The van der Waals surface area contributed by atoms with Crippen LogP contribution in [-0.4, -0.2) is 32.2 Å². The maximum Gasteiger partial charge on any atom is 0.245 e. The molecule has 5 nitrogen and oxygen atoms in total. The van der Waals surface area contributed by atoms with E-state index in [2.05, 4.69) is 56.1 Å². The average Bonchev–Trinajstić information content (AvgIpc) is 3.30. The Kier molecular flexibility index (Phi) is 4.51. The van der Waals surface area contributed by atoms with E-state index >= 15 is 0 Å². The van der Waals surface area contributed by atoms with E-state index in [0.717, 1.165) is 32.1 Å². The van der Waals surface area contributed by atoms with Crippen LogP contribution in [-0.2, 0) is 11.8 Å². The van der Waals surface area contributed by atoms with Gasteiger partial charge in [-0.25, -0.2) is 4.57 Å². The van der Waals surface area contributed by atoms with E-state index in [0.29, 0.717) is 16.8 Å². The summed E-state index contributed by atoms with van der Waals surface area (Å²) in [4.78, 5) is 26.2. The van der Waals surface area contributed by atoms with E-state index in [1.807, 2.05) is 0 Å². The molecule has 158 valence electrons. The second kappa shape index (κ2) is 6.78. The molecule has 1 aromatic heterocycles. The summed E-state index contributed by atoms with van der Waals surface area (Å²) in [6, 6.07) is 6.98. The SMILES string of the molecule is CC(C)c1ccc2c(c1)CC[C@H]1[C@](C)(C(=O)c3nnc4n3C(=O)CS4)CCC[C@]21C. The van der Waals surface area contributed by atoms with Gasteiger partial charge in [-0.3, -0.25) is 9.59 Å². The molecule has 2 heterocycles. The van der Waals surface area contributed by atoms with Crippen molar-refractivity contribution in [1.82, 2.24) is 14.8 Å². The number of carbonyl (C=O) groups is 2. The number of aromatic nitrogens is 3. The Morgan fingerprint density at radius 1 is 1.23 bits per heavy atom. The van der Waals surface area contributed by atoms with Gasteiger partial charge < -0.3 is 0 Å². The smallest absolute Gasteiger partial charge is 0.245 e. The maximum atomic E-state index is 13.9. The van der Waals surface area contributed by atoms with Crippen molar-refractivity contribution >= 4 is 23.5 Å². The number of carbonyl (C=O) groups excluding carboxylic acids is 2. The van der Waals surface area contributed by atoms with Crippen LogP contribution in [0.1, 0.15) is 91.4 Å². The highest BCUT2D eigenvalue weighted by Crippen LogP contribution is 2.58. The van der Waals surface area contributed by atoms with Crippen molar-refractivity contribution in [2.24, 2.45) is 11.3 Å². The molecule has 5 rings (SSSR count). The van der Waals surface area contributed by atoms with Crippen molar-refractivity contribution in [2.75, 3.05) is 5.75 Å². The quantitative estimate of drug-likeness (QED) is 0.647. The van der Waals surface area contributed by atoms with Crippen LogP contribution < -0.4 is 0 Å². The van der Waals surface area contributed by atoms with E-state index in [1.54, 1.807) is 0 Å². The van der Waals surface area contributed by atoms with Crippen LogP contribution >= 0.6 is 11.8 Å². The lowest BCUT2D eigenvalue weighted by atomic mass is 9.48. The molecule has 1 fully saturated rings. The van der Waals surface area contributed by atoms with Crippen molar-refractivity contribution in [2.45, 2.75) is 76.3 Å². The first kappa shape index (κ1) is 20.0. The molecule has 0 amide bonds. The fraction of sp³-hybridized carbons (Fsp3) is 0.583. The summed E-state index contributed by atoms with van der Waals surface area (Å²) in [7, 11) is 0. The second-order valence-electron chi connectivity index (χ2n) is 10.0. The zero-order valence-electron chi connectivity index (χ0n) is 18.2. The van der Waals surface area contributed by atoms with E-state index in [-0.39, 0.29) is 28.8 Å². The van der Waals surface area contributed by atoms with Crippen molar-refractivity contribution in [3.05, 3.63) is 40.7 Å². The first-order chi connectivity index (χ1) is 14.3. The van der Waals surface area contributed by atoms with Gasteiger partial charge in [0.2, 0.25) is 17.5 Å². The number of hydrogen-bond donors (Lipinski definition) is 0. The molecule has 0 unspecified atom stereocenters. The van der Waals surface area contributed by atoms with Gasteiger partial charge in [-0.05, 0) is 59.6 Å².